The van der Waals surface area contributed by atoms with E-state index in [-0.39, 0.29) is 46.4 Å². The molecule has 4 aliphatic rings. The van der Waals surface area contributed by atoms with Gasteiger partial charge in [0, 0.05) is 13.0 Å². The highest BCUT2D eigenvalue weighted by molar-refractivity contribution is 6.58. The zero-order valence-electron chi connectivity index (χ0n) is 28.1. The number of hydrogen-bond acceptors (Lipinski definition) is 8. The predicted octanol–water partition coefficient (Wildman–Crippen LogP) is 6.44. The van der Waals surface area contributed by atoms with E-state index in [1.165, 1.54) is 30.3 Å². The molecule has 21 heteroatoms. The number of ether oxygens (including phenoxy) is 1. The van der Waals surface area contributed by atoms with Gasteiger partial charge in [-0.25, -0.2) is 31.8 Å². The Morgan fingerprint density at radius 2 is 1.50 bits per heavy atom. The summed E-state index contributed by atoms with van der Waals surface area (Å²) < 4.78 is 120. The highest BCUT2D eigenvalue weighted by Crippen LogP contribution is 2.66. The van der Waals surface area contributed by atoms with E-state index in [9.17, 15) is 45.5 Å². The molecular formula is C35H23Cl3F8N4O6. The third kappa shape index (κ3) is 5.49. The Bertz CT molecular complexity index is 2240. The van der Waals surface area contributed by atoms with Crippen molar-refractivity contribution in [3.05, 3.63) is 93.4 Å². The van der Waals surface area contributed by atoms with Gasteiger partial charge in [0.25, 0.3) is 23.6 Å². The number of pyridine rings is 1. The van der Waals surface area contributed by atoms with Crippen LogP contribution in [0.5, 0.6) is 5.75 Å². The maximum Gasteiger partial charge on any atom is 0.433 e. The number of anilines is 2. The third-order valence-electron chi connectivity index (χ3n) is 10.5. The standard InChI is InChI=1S/C35H23Cl3F8N4O6/c1-48(28-18(36)8-9-19(47-28)35(44,45)46)50-29(52)16-7-6-15-17(20(16)30(50)53)12-33(37)31(54)49(27-25(42)23(40)22(39)24(41)26(27)43)32(55)34(33,38)21(15)13-2-4-14(5-3-13)56-11-10-51/h2-6,8-9,16-17,20-21,51H,7,10-12H2,1H3/t16-,17+,20-,21-,33+,34-/m0/s1. The van der Waals surface area contributed by atoms with Gasteiger partial charge in [0.1, 0.15) is 23.7 Å². The lowest BCUT2D eigenvalue weighted by molar-refractivity contribution is -0.141. The number of fused-ring (bicyclic) bond motifs is 4. The molecule has 2 aliphatic heterocycles. The van der Waals surface area contributed by atoms with Gasteiger partial charge < -0.3 is 9.84 Å². The summed E-state index contributed by atoms with van der Waals surface area (Å²) in [5.41, 5.74) is -3.13. The number of amides is 4. The Hall–Kier alpha value is -4.52. The van der Waals surface area contributed by atoms with E-state index in [2.05, 4.69) is 4.98 Å². The lowest BCUT2D eigenvalue weighted by atomic mass is 9.56. The second-order valence-corrected chi connectivity index (χ2v) is 15.0. The number of benzene rings is 2. The molecule has 0 unspecified atom stereocenters. The van der Waals surface area contributed by atoms with Crippen LogP contribution in [0, 0.1) is 46.8 Å². The highest BCUT2D eigenvalue weighted by atomic mass is 35.5. The van der Waals surface area contributed by atoms with Crippen LogP contribution < -0.4 is 14.6 Å². The molecule has 10 nitrogen and oxygen atoms in total. The maximum absolute atomic E-state index is 15.3. The molecule has 0 spiro atoms. The number of alkyl halides is 5. The van der Waals surface area contributed by atoms with Crippen LogP contribution in [0.3, 0.4) is 0 Å². The number of carbonyl (C=O) groups is 4. The van der Waals surface area contributed by atoms with Crippen molar-refractivity contribution in [1.29, 1.82) is 0 Å². The molecule has 7 rings (SSSR count). The highest BCUT2D eigenvalue weighted by Gasteiger charge is 2.77. The number of allylic oxidation sites excluding steroid dienone is 2. The topological polar surface area (TPSA) is 120 Å². The minimum atomic E-state index is -4.94. The van der Waals surface area contributed by atoms with Crippen LogP contribution in [0.25, 0.3) is 0 Å². The zero-order valence-corrected chi connectivity index (χ0v) is 30.4. The Kier molecular flexibility index (Phi) is 9.61. The van der Waals surface area contributed by atoms with E-state index in [0.29, 0.717) is 11.1 Å². The largest absolute Gasteiger partial charge is 0.491 e. The SMILES string of the molecule is CN(c1nc(C(F)(F)F)ccc1Cl)N1C(=O)[C@H]2[C@H](CC=C3[C@H]2C[C@@]2(Cl)C(=O)N(c4c(F)c(F)c(F)c(F)c4F)C(=O)[C@@]2(Cl)[C@H]3c2ccc(OCCO)cc2)C1=O. The summed E-state index contributed by atoms with van der Waals surface area (Å²) in [6.45, 7) is -0.490. The molecule has 2 aromatic carbocycles. The fourth-order valence-corrected chi connectivity index (χ4v) is 9.21. The first kappa shape index (κ1) is 39.7. The van der Waals surface area contributed by atoms with E-state index >= 15 is 8.78 Å². The summed E-state index contributed by atoms with van der Waals surface area (Å²) in [7, 11) is 1.06. The quantitative estimate of drug-likeness (QED) is 0.0722. The molecule has 3 aromatic rings. The Labute approximate surface area is 325 Å². The number of hydrazine groups is 1. The fourth-order valence-electron chi connectivity index (χ4n) is 8.05. The number of nitrogens with zero attached hydrogens (tertiary/aromatic N) is 4. The van der Waals surface area contributed by atoms with Crippen molar-refractivity contribution < 1.29 is 64.1 Å². The number of carbonyl (C=O) groups excluding carboxylic acids is 4. The summed E-state index contributed by atoms with van der Waals surface area (Å²) in [4.78, 5) is 54.6. The van der Waals surface area contributed by atoms with Gasteiger partial charge in [-0.2, -0.15) is 18.2 Å². The molecule has 1 aromatic heterocycles. The molecule has 4 amide bonds. The zero-order chi connectivity index (χ0) is 41.0. The molecule has 6 atom stereocenters. The predicted molar refractivity (Wildman–Crippen MR) is 180 cm³/mol. The van der Waals surface area contributed by atoms with Crippen LogP contribution >= 0.6 is 34.8 Å². The first-order valence-electron chi connectivity index (χ1n) is 16.4. The fraction of sp³-hybridized carbons (Fsp3) is 0.343. The monoisotopic (exact) mass is 852 g/mol. The van der Waals surface area contributed by atoms with Gasteiger partial charge in [0.2, 0.25) is 5.82 Å². The molecule has 3 heterocycles. The second kappa shape index (κ2) is 13.6. The lowest BCUT2D eigenvalue weighted by Crippen LogP contribution is -2.60. The number of aliphatic hydroxyl groups is 1. The van der Waals surface area contributed by atoms with Gasteiger partial charge in [0.05, 0.1) is 23.5 Å². The maximum atomic E-state index is 15.3. The molecule has 296 valence electrons. The first-order valence-corrected chi connectivity index (χ1v) is 17.5. The normalized spacial score (nSPS) is 27.3. The van der Waals surface area contributed by atoms with Crippen molar-refractivity contribution in [2.24, 2.45) is 17.8 Å². The molecule has 3 fully saturated rings. The smallest absolute Gasteiger partial charge is 0.433 e. The number of aliphatic hydroxyl groups excluding tert-OH is 1. The van der Waals surface area contributed by atoms with Crippen molar-refractivity contribution in [2.75, 3.05) is 30.2 Å². The summed E-state index contributed by atoms with van der Waals surface area (Å²) in [5, 5.41) is 10.0. The van der Waals surface area contributed by atoms with E-state index in [1.54, 1.807) is 0 Å². The number of rotatable bonds is 7. The number of hydrogen-bond donors (Lipinski definition) is 1. The van der Waals surface area contributed by atoms with Gasteiger partial charge >= 0.3 is 6.18 Å². The van der Waals surface area contributed by atoms with Crippen LogP contribution in [0.15, 0.2) is 48.0 Å². The lowest BCUT2D eigenvalue weighted by Gasteiger charge is -2.50. The van der Waals surface area contributed by atoms with Crippen molar-refractivity contribution in [1.82, 2.24) is 9.99 Å². The van der Waals surface area contributed by atoms with Gasteiger partial charge in [0.15, 0.2) is 38.8 Å². The summed E-state index contributed by atoms with van der Waals surface area (Å²) in [6, 6.07) is 6.90. The van der Waals surface area contributed by atoms with Gasteiger partial charge in [-0.3, -0.25) is 24.2 Å². The van der Waals surface area contributed by atoms with Crippen LogP contribution in [0.1, 0.15) is 30.0 Å². The molecular weight excluding hydrogens is 831 g/mol. The molecule has 1 saturated carbocycles. The molecule has 0 bridgehead atoms. The van der Waals surface area contributed by atoms with Crippen LogP contribution in [0.4, 0.5) is 46.6 Å². The Morgan fingerprint density at radius 3 is 2.09 bits per heavy atom. The number of aromatic nitrogens is 1. The molecule has 2 saturated heterocycles. The van der Waals surface area contributed by atoms with E-state index in [0.717, 1.165) is 18.1 Å². The van der Waals surface area contributed by atoms with Gasteiger partial charge in [-0.1, -0.05) is 35.4 Å². The minimum Gasteiger partial charge on any atom is -0.491 e. The second-order valence-electron chi connectivity index (χ2n) is 13.3. The van der Waals surface area contributed by atoms with E-state index in [4.69, 9.17) is 44.6 Å². The summed E-state index contributed by atoms with van der Waals surface area (Å²) in [6.07, 6.45) is -4.55. The minimum absolute atomic E-state index is 0.0851. The number of halogens is 11. The molecule has 1 N–H and O–H groups in total. The van der Waals surface area contributed by atoms with Crippen molar-refractivity contribution in [3.63, 3.8) is 0 Å². The van der Waals surface area contributed by atoms with Crippen LogP contribution in [0.2, 0.25) is 5.02 Å². The van der Waals surface area contributed by atoms with Gasteiger partial charge in [-0.05, 0) is 48.6 Å². The van der Waals surface area contributed by atoms with E-state index < -0.39 is 116 Å². The third-order valence-corrected chi connectivity index (χ3v) is 12.2. The van der Waals surface area contributed by atoms with E-state index in [1.807, 2.05) is 0 Å². The Morgan fingerprint density at radius 1 is 0.893 bits per heavy atom. The van der Waals surface area contributed by atoms with Crippen molar-refractivity contribution in [2.45, 2.75) is 34.7 Å². The molecule has 0 radical (unpaired) electrons. The average molecular weight is 854 g/mol. The van der Waals surface area contributed by atoms with Crippen molar-refractivity contribution in [3.8, 4) is 5.75 Å². The van der Waals surface area contributed by atoms with Crippen LogP contribution in [-0.4, -0.2) is 68.7 Å². The van der Waals surface area contributed by atoms with Crippen LogP contribution in [-0.2, 0) is 25.4 Å². The van der Waals surface area contributed by atoms with Gasteiger partial charge in [-0.15, -0.1) is 23.2 Å². The van der Waals surface area contributed by atoms with Crippen molar-refractivity contribution >= 4 is 69.9 Å². The summed E-state index contributed by atoms with van der Waals surface area (Å²) in [5.74, 6) is -24.0. The molecule has 56 heavy (non-hydrogen) atoms. The summed E-state index contributed by atoms with van der Waals surface area (Å²) >= 11 is 20.4. The first-order chi connectivity index (χ1) is 26.2. The average Bonchev–Trinajstić information content (AvgIpc) is 3.49. The molecule has 2 aliphatic carbocycles. The Balaban J connectivity index is 1.37. The number of imide groups is 2.